The van der Waals surface area contributed by atoms with Crippen LogP contribution < -0.4 is 10.5 Å². The Labute approximate surface area is 116 Å². The first-order valence-corrected chi connectivity index (χ1v) is 6.35. The molecule has 0 saturated heterocycles. The first-order valence-electron chi connectivity index (χ1n) is 6.35. The summed E-state index contributed by atoms with van der Waals surface area (Å²) in [5.41, 5.74) is 10.6. The lowest BCUT2D eigenvalue weighted by atomic mass is 10.2. The number of rotatable bonds is 2. The number of pyridine rings is 1. The summed E-state index contributed by atoms with van der Waals surface area (Å²) in [4.78, 5) is 4.67. The van der Waals surface area contributed by atoms with Crippen LogP contribution in [0.25, 0.3) is 16.9 Å². The molecule has 0 aromatic carbocycles. The second kappa shape index (κ2) is 4.26. The Morgan fingerprint density at radius 3 is 2.70 bits per heavy atom. The molecule has 0 unspecified atom stereocenters. The van der Waals surface area contributed by atoms with Crippen molar-refractivity contribution in [3.05, 3.63) is 29.6 Å². The van der Waals surface area contributed by atoms with Gasteiger partial charge in [0.1, 0.15) is 17.2 Å². The highest BCUT2D eigenvalue weighted by molar-refractivity contribution is 5.80. The van der Waals surface area contributed by atoms with Crippen molar-refractivity contribution in [3.8, 4) is 17.1 Å². The van der Waals surface area contributed by atoms with Gasteiger partial charge in [-0.2, -0.15) is 5.10 Å². The van der Waals surface area contributed by atoms with Crippen LogP contribution in [0.3, 0.4) is 0 Å². The average Bonchev–Trinajstić information content (AvgIpc) is 2.88. The lowest BCUT2D eigenvalue weighted by Gasteiger charge is -2.03. The SMILES string of the molecule is COc1c(-c2nc3c(C)cccn3c2N)c(C)nn1C. The van der Waals surface area contributed by atoms with Crippen LogP contribution in [0.2, 0.25) is 0 Å². The maximum Gasteiger partial charge on any atom is 0.221 e. The van der Waals surface area contributed by atoms with Gasteiger partial charge in [-0.3, -0.25) is 4.40 Å². The van der Waals surface area contributed by atoms with E-state index in [0.29, 0.717) is 17.4 Å². The van der Waals surface area contributed by atoms with E-state index in [1.54, 1.807) is 11.8 Å². The van der Waals surface area contributed by atoms with Crippen LogP contribution in [-0.4, -0.2) is 26.3 Å². The van der Waals surface area contributed by atoms with E-state index in [1.807, 2.05) is 43.6 Å². The summed E-state index contributed by atoms with van der Waals surface area (Å²) in [7, 11) is 3.46. The summed E-state index contributed by atoms with van der Waals surface area (Å²) in [6.07, 6.45) is 1.91. The number of nitrogens with two attached hydrogens (primary N) is 1. The van der Waals surface area contributed by atoms with Crippen molar-refractivity contribution in [1.29, 1.82) is 0 Å². The highest BCUT2D eigenvalue weighted by Crippen LogP contribution is 2.36. The molecule has 0 fully saturated rings. The number of methoxy groups -OCH3 is 1. The fraction of sp³-hybridized carbons (Fsp3) is 0.286. The van der Waals surface area contributed by atoms with Gasteiger partial charge < -0.3 is 10.5 Å². The van der Waals surface area contributed by atoms with Crippen LogP contribution in [0, 0.1) is 13.8 Å². The van der Waals surface area contributed by atoms with E-state index in [1.165, 1.54) is 0 Å². The maximum atomic E-state index is 6.25. The number of anilines is 1. The number of hydrogen-bond acceptors (Lipinski definition) is 4. The Morgan fingerprint density at radius 2 is 2.05 bits per heavy atom. The van der Waals surface area contributed by atoms with E-state index >= 15 is 0 Å². The van der Waals surface area contributed by atoms with Crippen LogP contribution >= 0.6 is 0 Å². The number of aryl methyl sites for hydroxylation is 3. The molecule has 0 aliphatic carbocycles. The lowest BCUT2D eigenvalue weighted by molar-refractivity contribution is 0.374. The van der Waals surface area contributed by atoms with Gasteiger partial charge in [0.2, 0.25) is 5.88 Å². The third kappa shape index (κ3) is 1.57. The van der Waals surface area contributed by atoms with Crippen molar-refractivity contribution in [3.63, 3.8) is 0 Å². The summed E-state index contributed by atoms with van der Waals surface area (Å²) in [5.74, 6) is 1.26. The van der Waals surface area contributed by atoms with Crippen LogP contribution in [0.4, 0.5) is 5.82 Å². The predicted molar refractivity (Wildman–Crippen MR) is 77.8 cm³/mol. The zero-order valence-electron chi connectivity index (χ0n) is 12.0. The Kier molecular flexibility index (Phi) is 2.67. The fourth-order valence-corrected chi connectivity index (χ4v) is 2.55. The van der Waals surface area contributed by atoms with E-state index in [9.17, 15) is 0 Å². The van der Waals surface area contributed by atoms with Crippen molar-refractivity contribution < 1.29 is 4.74 Å². The van der Waals surface area contributed by atoms with Crippen LogP contribution in [0.5, 0.6) is 5.88 Å². The third-order valence-electron chi connectivity index (χ3n) is 3.48. The van der Waals surface area contributed by atoms with E-state index in [4.69, 9.17) is 10.5 Å². The molecule has 20 heavy (non-hydrogen) atoms. The minimum absolute atomic E-state index is 0.595. The highest BCUT2D eigenvalue weighted by atomic mass is 16.5. The van der Waals surface area contributed by atoms with Crippen molar-refractivity contribution in [2.24, 2.45) is 7.05 Å². The largest absolute Gasteiger partial charge is 0.481 e. The molecular weight excluding hydrogens is 254 g/mol. The lowest BCUT2D eigenvalue weighted by Crippen LogP contribution is -1.97. The van der Waals surface area contributed by atoms with Gasteiger partial charge in [0.25, 0.3) is 0 Å². The maximum absolute atomic E-state index is 6.25. The zero-order chi connectivity index (χ0) is 14.4. The molecule has 0 atom stereocenters. The molecule has 6 heteroatoms. The molecule has 2 N–H and O–H groups in total. The molecule has 0 radical (unpaired) electrons. The van der Waals surface area contributed by atoms with Gasteiger partial charge in [-0.05, 0) is 25.5 Å². The second-order valence-electron chi connectivity index (χ2n) is 4.82. The number of hydrogen-bond donors (Lipinski definition) is 1. The number of nitrogens with zero attached hydrogens (tertiary/aromatic N) is 4. The van der Waals surface area contributed by atoms with Crippen LogP contribution in [0.15, 0.2) is 18.3 Å². The van der Waals surface area contributed by atoms with Crippen LogP contribution in [0.1, 0.15) is 11.3 Å². The van der Waals surface area contributed by atoms with Gasteiger partial charge in [-0.25, -0.2) is 9.67 Å². The number of fused-ring (bicyclic) bond motifs is 1. The molecule has 0 amide bonds. The van der Waals surface area contributed by atoms with E-state index < -0.39 is 0 Å². The van der Waals surface area contributed by atoms with Crippen molar-refractivity contribution >= 4 is 11.5 Å². The topological polar surface area (TPSA) is 70.4 Å². The summed E-state index contributed by atoms with van der Waals surface area (Å²) in [6, 6.07) is 3.97. The molecule has 0 aliphatic heterocycles. The zero-order valence-corrected chi connectivity index (χ0v) is 12.0. The van der Waals surface area contributed by atoms with E-state index in [2.05, 4.69) is 10.1 Å². The molecule has 3 aromatic rings. The number of ether oxygens (including phenoxy) is 1. The van der Waals surface area contributed by atoms with Crippen molar-refractivity contribution in [1.82, 2.24) is 19.2 Å². The van der Waals surface area contributed by atoms with Gasteiger partial charge in [0.15, 0.2) is 0 Å². The molecular formula is C14H17N5O. The van der Waals surface area contributed by atoms with E-state index in [-0.39, 0.29) is 0 Å². The molecule has 0 aliphatic rings. The number of imidazole rings is 1. The second-order valence-corrected chi connectivity index (χ2v) is 4.82. The number of aromatic nitrogens is 4. The summed E-state index contributed by atoms with van der Waals surface area (Å²) in [5, 5.41) is 4.38. The first-order chi connectivity index (χ1) is 9.54. The normalized spacial score (nSPS) is 11.2. The average molecular weight is 271 g/mol. The Bertz CT molecular complexity index is 800. The van der Waals surface area contributed by atoms with E-state index in [0.717, 1.165) is 22.5 Å². The molecule has 0 bridgehead atoms. The van der Waals surface area contributed by atoms with Crippen molar-refractivity contribution in [2.45, 2.75) is 13.8 Å². The Balaban J connectivity index is 2.36. The molecule has 0 saturated carbocycles. The van der Waals surface area contributed by atoms with Gasteiger partial charge in [-0.1, -0.05) is 6.07 Å². The minimum Gasteiger partial charge on any atom is -0.481 e. The molecule has 104 valence electrons. The summed E-state index contributed by atoms with van der Waals surface area (Å²) >= 11 is 0. The summed E-state index contributed by atoms with van der Waals surface area (Å²) in [6.45, 7) is 3.94. The van der Waals surface area contributed by atoms with Gasteiger partial charge in [0, 0.05) is 13.2 Å². The molecule has 0 spiro atoms. The quantitative estimate of drug-likeness (QED) is 0.773. The monoisotopic (exact) mass is 271 g/mol. The smallest absolute Gasteiger partial charge is 0.221 e. The van der Waals surface area contributed by atoms with Gasteiger partial charge in [-0.15, -0.1) is 0 Å². The van der Waals surface area contributed by atoms with Crippen LogP contribution in [-0.2, 0) is 7.05 Å². The Morgan fingerprint density at radius 1 is 1.30 bits per heavy atom. The fourth-order valence-electron chi connectivity index (χ4n) is 2.55. The molecule has 3 heterocycles. The minimum atomic E-state index is 0.595. The molecule has 3 aromatic heterocycles. The predicted octanol–water partition coefficient (Wildman–Crippen LogP) is 1.94. The Hall–Kier alpha value is -2.50. The molecule has 3 rings (SSSR count). The first kappa shape index (κ1) is 12.5. The standard InChI is InChI=1S/C14H17N5O/c1-8-6-5-7-19-12(15)11(16-13(8)19)10-9(2)17-18(3)14(10)20-4/h5-7H,15H2,1-4H3. The summed E-state index contributed by atoms with van der Waals surface area (Å²) < 4.78 is 9.01. The van der Waals surface area contributed by atoms with Crippen molar-refractivity contribution in [2.75, 3.05) is 12.8 Å². The van der Waals surface area contributed by atoms with Gasteiger partial charge in [0.05, 0.1) is 18.4 Å². The molecule has 6 nitrogen and oxygen atoms in total. The number of nitrogen functional groups attached to an aromatic ring is 1. The third-order valence-corrected chi connectivity index (χ3v) is 3.48. The van der Waals surface area contributed by atoms with Gasteiger partial charge >= 0.3 is 0 Å². The highest BCUT2D eigenvalue weighted by Gasteiger charge is 2.22.